The monoisotopic (exact) mass is 569 g/mol. The van der Waals surface area contributed by atoms with Crippen LogP contribution in [0.2, 0.25) is 5.02 Å². The van der Waals surface area contributed by atoms with Crippen molar-refractivity contribution in [1.29, 1.82) is 0 Å². The fourth-order valence-electron chi connectivity index (χ4n) is 4.22. The van der Waals surface area contributed by atoms with E-state index in [0.29, 0.717) is 23.7 Å². The fourth-order valence-corrected chi connectivity index (χ4v) is 5.75. The first-order valence-corrected chi connectivity index (χ1v) is 14.9. The molecule has 0 saturated carbocycles. The lowest BCUT2D eigenvalue weighted by atomic mass is 10.1. The van der Waals surface area contributed by atoms with E-state index in [0.717, 1.165) is 27.4 Å². The number of halogens is 1. The average Bonchev–Trinajstić information content (AvgIpc) is 2.91. The first-order chi connectivity index (χ1) is 18.6. The van der Waals surface area contributed by atoms with Gasteiger partial charge < -0.3 is 10.2 Å². The van der Waals surface area contributed by atoms with Gasteiger partial charge in [-0.25, -0.2) is 8.42 Å². The highest BCUT2D eigenvalue weighted by Gasteiger charge is 2.33. The van der Waals surface area contributed by atoms with Gasteiger partial charge in [0, 0.05) is 18.1 Å². The van der Waals surface area contributed by atoms with Gasteiger partial charge in [0.2, 0.25) is 11.8 Å². The summed E-state index contributed by atoms with van der Waals surface area (Å²) < 4.78 is 28.9. The van der Waals surface area contributed by atoms with E-state index in [2.05, 4.69) is 5.32 Å². The second-order valence-electron chi connectivity index (χ2n) is 9.53. The second-order valence-corrected chi connectivity index (χ2v) is 11.8. The second kappa shape index (κ2) is 13.6. The summed E-state index contributed by atoms with van der Waals surface area (Å²) in [6.45, 7) is 7.66. The molecule has 3 rings (SSSR count). The maximum Gasteiger partial charge on any atom is 0.264 e. The van der Waals surface area contributed by atoms with Crippen LogP contribution in [0.1, 0.15) is 43.4 Å². The highest BCUT2D eigenvalue weighted by molar-refractivity contribution is 7.92. The van der Waals surface area contributed by atoms with E-state index in [4.69, 9.17) is 11.6 Å². The predicted molar refractivity (Wildman–Crippen MR) is 156 cm³/mol. The number of hydrogen-bond acceptors (Lipinski definition) is 4. The molecule has 9 heteroatoms. The number of amides is 2. The first kappa shape index (κ1) is 30.2. The Bertz CT molecular complexity index is 1380. The Morgan fingerprint density at radius 1 is 0.923 bits per heavy atom. The Balaban J connectivity index is 2.04. The van der Waals surface area contributed by atoms with Crippen molar-refractivity contribution >= 4 is 39.1 Å². The van der Waals surface area contributed by atoms with Gasteiger partial charge in [0.25, 0.3) is 10.0 Å². The van der Waals surface area contributed by atoms with Gasteiger partial charge >= 0.3 is 0 Å². The SMILES string of the molecule is CCCNC(=O)[C@H](CC)N(Cc1ccc(Cl)cc1)C(=O)CN(c1cccc(C)c1)S(=O)(=O)c1ccc(C)cc1. The summed E-state index contributed by atoms with van der Waals surface area (Å²) in [5.74, 6) is -0.759. The van der Waals surface area contributed by atoms with E-state index in [1.54, 1.807) is 54.6 Å². The van der Waals surface area contributed by atoms with Crippen molar-refractivity contribution in [2.24, 2.45) is 0 Å². The van der Waals surface area contributed by atoms with Gasteiger partial charge in [-0.15, -0.1) is 0 Å². The smallest absolute Gasteiger partial charge is 0.264 e. The molecule has 0 aliphatic heterocycles. The number of benzene rings is 3. The number of hydrogen-bond donors (Lipinski definition) is 1. The largest absolute Gasteiger partial charge is 0.354 e. The number of carbonyl (C=O) groups excluding carboxylic acids is 2. The molecular formula is C30H36ClN3O4S. The minimum absolute atomic E-state index is 0.0828. The molecule has 3 aromatic carbocycles. The molecule has 1 atom stereocenters. The lowest BCUT2D eigenvalue weighted by Gasteiger charge is -2.33. The molecule has 39 heavy (non-hydrogen) atoms. The van der Waals surface area contributed by atoms with Crippen molar-refractivity contribution in [2.45, 2.75) is 58.0 Å². The van der Waals surface area contributed by atoms with Crippen LogP contribution in [0.25, 0.3) is 0 Å². The molecule has 2 amide bonds. The summed E-state index contributed by atoms with van der Waals surface area (Å²) in [6.07, 6.45) is 1.12. The van der Waals surface area contributed by atoms with Gasteiger partial charge in [-0.2, -0.15) is 0 Å². The van der Waals surface area contributed by atoms with E-state index >= 15 is 0 Å². The van der Waals surface area contributed by atoms with Gasteiger partial charge in [-0.1, -0.05) is 67.4 Å². The molecule has 0 aromatic heterocycles. The van der Waals surface area contributed by atoms with Crippen LogP contribution in [-0.2, 0) is 26.2 Å². The molecule has 0 aliphatic rings. The van der Waals surface area contributed by atoms with E-state index in [1.165, 1.54) is 17.0 Å². The maximum absolute atomic E-state index is 14.0. The molecule has 208 valence electrons. The fraction of sp³-hybridized carbons (Fsp3) is 0.333. The first-order valence-electron chi connectivity index (χ1n) is 13.0. The normalized spacial score (nSPS) is 12.0. The molecule has 0 unspecified atom stereocenters. The average molecular weight is 570 g/mol. The van der Waals surface area contributed by atoms with Gasteiger partial charge in [0.05, 0.1) is 10.6 Å². The van der Waals surface area contributed by atoms with Crippen molar-refractivity contribution < 1.29 is 18.0 Å². The van der Waals surface area contributed by atoms with Crippen LogP contribution < -0.4 is 9.62 Å². The van der Waals surface area contributed by atoms with E-state index in [1.807, 2.05) is 33.8 Å². The lowest BCUT2D eigenvalue weighted by molar-refractivity contribution is -0.140. The number of nitrogens with zero attached hydrogens (tertiary/aromatic N) is 2. The predicted octanol–water partition coefficient (Wildman–Crippen LogP) is 5.49. The Kier molecular flexibility index (Phi) is 10.5. The van der Waals surface area contributed by atoms with Gasteiger partial charge in [-0.3, -0.25) is 13.9 Å². The van der Waals surface area contributed by atoms with Crippen LogP contribution in [0.4, 0.5) is 5.69 Å². The van der Waals surface area contributed by atoms with Gasteiger partial charge in [-0.05, 0) is 74.2 Å². The van der Waals surface area contributed by atoms with Gasteiger partial charge in [0.15, 0.2) is 0 Å². The van der Waals surface area contributed by atoms with E-state index in [9.17, 15) is 18.0 Å². The highest BCUT2D eigenvalue weighted by Crippen LogP contribution is 2.26. The summed E-state index contributed by atoms with van der Waals surface area (Å²) in [6, 6.07) is 19.8. The van der Waals surface area contributed by atoms with Crippen LogP contribution in [-0.4, -0.2) is 44.3 Å². The summed E-state index contributed by atoms with van der Waals surface area (Å²) in [5, 5.41) is 3.44. The van der Waals surface area contributed by atoms with Crippen molar-refractivity contribution in [3.05, 3.63) is 94.5 Å². The molecule has 0 bridgehead atoms. The maximum atomic E-state index is 14.0. The van der Waals surface area contributed by atoms with Crippen molar-refractivity contribution in [3.8, 4) is 0 Å². The molecule has 0 fully saturated rings. The van der Waals surface area contributed by atoms with Gasteiger partial charge in [0.1, 0.15) is 12.6 Å². The van der Waals surface area contributed by atoms with Crippen LogP contribution >= 0.6 is 11.6 Å². The third kappa shape index (κ3) is 7.83. The van der Waals surface area contributed by atoms with E-state index in [-0.39, 0.29) is 17.3 Å². The Labute approximate surface area is 236 Å². The molecule has 7 nitrogen and oxygen atoms in total. The molecule has 0 spiro atoms. The Morgan fingerprint density at radius 3 is 2.18 bits per heavy atom. The number of anilines is 1. The highest BCUT2D eigenvalue weighted by atomic mass is 35.5. The summed E-state index contributed by atoms with van der Waals surface area (Å²) in [4.78, 5) is 28.7. The van der Waals surface area contributed by atoms with Crippen LogP contribution in [0.5, 0.6) is 0 Å². The number of carbonyl (C=O) groups is 2. The summed E-state index contributed by atoms with van der Waals surface area (Å²) in [5.41, 5.74) is 2.93. The summed E-state index contributed by atoms with van der Waals surface area (Å²) >= 11 is 6.06. The Hall–Kier alpha value is -3.36. The standard InChI is InChI=1S/C30H36ClN3O4S/c1-5-18-32-30(36)28(6-2)33(20-24-12-14-25(31)15-13-24)29(35)21-34(26-9-7-8-23(4)19-26)39(37,38)27-16-10-22(3)11-17-27/h7-17,19,28H,5-6,18,20-21H2,1-4H3,(H,32,36)/t28-/m0/s1. The lowest BCUT2D eigenvalue weighted by Crippen LogP contribution is -2.52. The molecule has 0 radical (unpaired) electrons. The van der Waals surface area contributed by atoms with Crippen LogP contribution in [0.3, 0.4) is 0 Å². The molecule has 1 N–H and O–H groups in total. The number of rotatable bonds is 12. The van der Waals surface area contributed by atoms with Crippen LogP contribution in [0.15, 0.2) is 77.7 Å². The minimum atomic E-state index is -4.09. The van der Waals surface area contributed by atoms with Crippen LogP contribution in [0, 0.1) is 13.8 Å². The van der Waals surface area contributed by atoms with E-state index < -0.39 is 28.5 Å². The van der Waals surface area contributed by atoms with Crippen molar-refractivity contribution in [1.82, 2.24) is 10.2 Å². The molecule has 0 saturated heterocycles. The third-order valence-electron chi connectivity index (χ3n) is 6.38. The molecule has 3 aromatic rings. The Morgan fingerprint density at radius 2 is 1.59 bits per heavy atom. The number of aryl methyl sites for hydroxylation is 2. The zero-order valence-electron chi connectivity index (χ0n) is 22.9. The number of nitrogens with one attached hydrogen (secondary N) is 1. The molecule has 0 aliphatic carbocycles. The van der Waals surface area contributed by atoms with Crippen molar-refractivity contribution in [3.63, 3.8) is 0 Å². The zero-order chi connectivity index (χ0) is 28.6. The van der Waals surface area contributed by atoms with Crippen molar-refractivity contribution in [2.75, 3.05) is 17.4 Å². The molecular weight excluding hydrogens is 534 g/mol. The topological polar surface area (TPSA) is 86.8 Å². The zero-order valence-corrected chi connectivity index (χ0v) is 24.4. The quantitative estimate of drug-likeness (QED) is 0.313. The molecule has 0 heterocycles. The third-order valence-corrected chi connectivity index (χ3v) is 8.42. The minimum Gasteiger partial charge on any atom is -0.354 e. The summed E-state index contributed by atoms with van der Waals surface area (Å²) in [7, 11) is -4.09. The number of sulfonamides is 1.